The summed E-state index contributed by atoms with van der Waals surface area (Å²) in [6.45, 7) is 0.429. The number of carboxylic acid groups (broad SMARTS) is 1. The number of aliphatic carboxylic acids is 1. The van der Waals surface area contributed by atoms with Crippen LogP contribution in [0.25, 0.3) is 0 Å². The van der Waals surface area contributed by atoms with Crippen LogP contribution in [0.3, 0.4) is 0 Å². The minimum atomic E-state index is -0.898. The zero-order chi connectivity index (χ0) is 16.1. The fourth-order valence-electron chi connectivity index (χ4n) is 2.58. The molecule has 6 nitrogen and oxygen atoms in total. The molecule has 118 valence electrons. The molecular formula is C16H20N2O4. The monoisotopic (exact) mass is 304 g/mol. The van der Waals surface area contributed by atoms with E-state index in [9.17, 15) is 14.4 Å². The smallest absolute Gasteiger partial charge is 0.307 e. The number of nitrogens with one attached hydrogen (secondary N) is 2. The summed E-state index contributed by atoms with van der Waals surface area (Å²) in [5, 5.41) is 14.3. The number of carbonyl (C=O) groups is 3. The van der Waals surface area contributed by atoms with Crippen molar-refractivity contribution < 1.29 is 19.5 Å². The molecule has 0 spiro atoms. The third-order valence-electron chi connectivity index (χ3n) is 4.06. The molecular weight excluding hydrogens is 284 g/mol. The van der Waals surface area contributed by atoms with Gasteiger partial charge in [0.2, 0.25) is 5.91 Å². The van der Waals surface area contributed by atoms with Crippen molar-refractivity contribution in [1.82, 2.24) is 10.6 Å². The summed E-state index contributed by atoms with van der Waals surface area (Å²) in [5.41, 5.74) is 1.53. The first-order valence-corrected chi connectivity index (χ1v) is 7.34. The Morgan fingerprint density at radius 2 is 1.95 bits per heavy atom. The van der Waals surface area contributed by atoms with E-state index >= 15 is 0 Å². The summed E-state index contributed by atoms with van der Waals surface area (Å²) in [7, 11) is 1.58. The predicted molar refractivity (Wildman–Crippen MR) is 80.4 cm³/mol. The van der Waals surface area contributed by atoms with Gasteiger partial charge in [0.25, 0.3) is 5.91 Å². The van der Waals surface area contributed by atoms with Gasteiger partial charge in [-0.25, -0.2) is 0 Å². The summed E-state index contributed by atoms with van der Waals surface area (Å²) < 4.78 is 0. The van der Waals surface area contributed by atoms with E-state index in [4.69, 9.17) is 5.11 Å². The van der Waals surface area contributed by atoms with E-state index in [-0.39, 0.29) is 11.8 Å². The van der Waals surface area contributed by atoms with E-state index in [0.717, 1.165) is 5.56 Å². The van der Waals surface area contributed by atoms with Crippen molar-refractivity contribution in [2.24, 2.45) is 11.8 Å². The number of amides is 2. The SMILES string of the molecule is CNC(=O)c1cccc(CCNC(=O)C2CCC2C(=O)O)c1. The molecule has 0 bridgehead atoms. The maximum atomic E-state index is 11.9. The zero-order valence-electron chi connectivity index (χ0n) is 12.5. The van der Waals surface area contributed by atoms with Crippen molar-refractivity contribution in [2.45, 2.75) is 19.3 Å². The van der Waals surface area contributed by atoms with E-state index in [0.29, 0.717) is 31.4 Å². The molecule has 1 aliphatic carbocycles. The molecule has 2 unspecified atom stereocenters. The van der Waals surface area contributed by atoms with Crippen LogP contribution in [-0.4, -0.2) is 36.5 Å². The number of hydrogen-bond acceptors (Lipinski definition) is 3. The lowest BCUT2D eigenvalue weighted by Crippen LogP contribution is -2.44. The fraction of sp³-hybridized carbons (Fsp3) is 0.438. The molecule has 2 rings (SSSR count). The molecule has 1 aromatic rings. The van der Waals surface area contributed by atoms with Crippen LogP contribution in [-0.2, 0) is 16.0 Å². The van der Waals surface area contributed by atoms with Crippen molar-refractivity contribution in [3.8, 4) is 0 Å². The summed E-state index contributed by atoms with van der Waals surface area (Å²) in [5.74, 6) is -2.19. The summed E-state index contributed by atoms with van der Waals surface area (Å²) in [6.07, 6.45) is 1.80. The Labute approximate surface area is 128 Å². The van der Waals surface area contributed by atoms with Crippen LogP contribution in [0.1, 0.15) is 28.8 Å². The van der Waals surface area contributed by atoms with E-state index < -0.39 is 17.8 Å². The third kappa shape index (κ3) is 3.63. The molecule has 0 aromatic heterocycles. The van der Waals surface area contributed by atoms with E-state index in [1.807, 2.05) is 6.07 Å². The number of rotatable bonds is 6. The quantitative estimate of drug-likeness (QED) is 0.725. The molecule has 2 amide bonds. The highest BCUT2D eigenvalue weighted by Crippen LogP contribution is 2.34. The first kappa shape index (κ1) is 16.0. The van der Waals surface area contributed by atoms with Crippen LogP contribution in [0.4, 0.5) is 0 Å². The Morgan fingerprint density at radius 1 is 1.23 bits per heavy atom. The molecule has 22 heavy (non-hydrogen) atoms. The molecule has 1 saturated carbocycles. The number of carboxylic acids is 1. The Hall–Kier alpha value is -2.37. The molecule has 1 aromatic carbocycles. The van der Waals surface area contributed by atoms with Crippen molar-refractivity contribution in [2.75, 3.05) is 13.6 Å². The summed E-state index contributed by atoms with van der Waals surface area (Å²) in [4.78, 5) is 34.4. The maximum absolute atomic E-state index is 11.9. The Morgan fingerprint density at radius 3 is 2.55 bits per heavy atom. The molecule has 2 atom stereocenters. The average Bonchev–Trinajstić information content (AvgIpc) is 2.45. The second-order valence-corrected chi connectivity index (χ2v) is 5.45. The van der Waals surface area contributed by atoms with Gasteiger partial charge in [-0.05, 0) is 37.0 Å². The fourth-order valence-corrected chi connectivity index (χ4v) is 2.58. The number of benzene rings is 1. The summed E-state index contributed by atoms with van der Waals surface area (Å²) in [6, 6.07) is 7.21. The Bertz CT molecular complexity index is 585. The Kier molecular flexibility index (Phi) is 5.14. The van der Waals surface area contributed by atoms with Crippen LogP contribution in [0, 0.1) is 11.8 Å². The van der Waals surface area contributed by atoms with E-state index in [2.05, 4.69) is 10.6 Å². The highest BCUT2D eigenvalue weighted by Gasteiger charge is 2.41. The second-order valence-electron chi connectivity index (χ2n) is 5.45. The molecule has 0 aliphatic heterocycles. The topological polar surface area (TPSA) is 95.5 Å². The van der Waals surface area contributed by atoms with Crippen LogP contribution < -0.4 is 10.6 Å². The normalized spacial score (nSPS) is 19.9. The average molecular weight is 304 g/mol. The van der Waals surface area contributed by atoms with Gasteiger partial charge >= 0.3 is 5.97 Å². The van der Waals surface area contributed by atoms with Crippen molar-refractivity contribution >= 4 is 17.8 Å². The highest BCUT2D eigenvalue weighted by molar-refractivity contribution is 5.94. The van der Waals surface area contributed by atoms with Gasteiger partial charge < -0.3 is 15.7 Å². The Balaban J connectivity index is 1.82. The zero-order valence-corrected chi connectivity index (χ0v) is 12.5. The van der Waals surface area contributed by atoms with Crippen LogP contribution in [0.2, 0.25) is 0 Å². The maximum Gasteiger partial charge on any atom is 0.307 e. The highest BCUT2D eigenvalue weighted by atomic mass is 16.4. The van der Waals surface area contributed by atoms with Gasteiger partial charge in [0.15, 0.2) is 0 Å². The molecule has 0 radical (unpaired) electrons. The molecule has 0 saturated heterocycles. The van der Waals surface area contributed by atoms with E-state index in [1.165, 1.54) is 0 Å². The molecule has 6 heteroatoms. The van der Waals surface area contributed by atoms with E-state index in [1.54, 1.807) is 25.2 Å². The second kappa shape index (κ2) is 7.06. The molecule has 3 N–H and O–H groups in total. The third-order valence-corrected chi connectivity index (χ3v) is 4.06. The largest absolute Gasteiger partial charge is 0.481 e. The minimum absolute atomic E-state index is 0.148. The minimum Gasteiger partial charge on any atom is -0.481 e. The van der Waals surface area contributed by atoms with Gasteiger partial charge in [0, 0.05) is 19.2 Å². The van der Waals surface area contributed by atoms with Gasteiger partial charge in [-0.2, -0.15) is 0 Å². The lowest BCUT2D eigenvalue weighted by Gasteiger charge is -2.31. The lowest BCUT2D eigenvalue weighted by atomic mass is 9.73. The standard InChI is InChI=1S/C16H20N2O4/c1-17-14(19)11-4-2-3-10(9-11)7-8-18-15(20)12-5-6-13(12)16(21)22/h2-4,9,12-13H,5-8H2,1H3,(H,17,19)(H,18,20)(H,21,22). The molecule has 1 fully saturated rings. The van der Waals surface area contributed by atoms with Crippen LogP contribution in [0.15, 0.2) is 24.3 Å². The van der Waals surface area contributed by atoms with Crippen LogP contribution >= 0.6 is 0 Å². The van der Waals surface area contributed by atoms with Crippen molar-refractivity contribution in [1.29, 1.82) is 0 Å². The molecule has 1 aliphatic rings. The number of hydrogen-bond donors (Lipinski definition) is 3. The first-order chi connectivity index (χ1) is 10.5. The van der Waals surface area contributed by atoms with Crippen molar-refractivity contribution in [3.05, 3.63) is 35.4 Å². The lowest BCUT2D eigenvalue weighted by molar-refractivity contribution is -0.152. The van der Waals surface area contributed by atoms with Crippen LogP contribution in [0.5, 0.6) is 0 Å². The van der Waals surface area contributed by atoms with Gasteiger partial charge in [-0.3, -0.25) is 14.4 Å². The van der Waals surface area contributed by atoms with Gasteiger partial charge in [0.1, 0.15) is 0 Å². The molecule has 0 heterocycles. The van der Waals surface area contributed by atoms with Gasteiger partial charge in [-0.1, -0.05) is 12.1 Å². The number of carbonyl (C=O) groups excluding carboxylic acids is 2. The van der Waals surface area contributed by atoms with Crippen molar-refractivity contribution in [3.63, 3.8) is 0 Å². The summed E-state index contributed by atoms with van der Waals surface area (Å²) >= 11 is 0. The van der Waals surface area contributed by atoms with Gasteiger partial charge in [-0.15, -0.1) is 0 Å². The predicted octanol–water partition coefficient (Wildman–Crippen LogP) is 0.816. The van der Waals surface area contributed by atoms with Gasteiger partial charge in [0.05, 0.1) is 11.8 Å². The first-order valence-electron chi connectivity index (χ1n) is 7.34.